The van der Waals surface area contributed by atoms with Crippen molar-refractivity contribution in [3.63, 3.8) is 0 Å². The van der Waals surface area contributed by atoms with Crippen molar-refractivity contribution in [2.75, 3.05) is 39.3 Å². The summed E-state index contributed by atoms with van der Waals surface area (Å²) in [5, 5.41) is 0.230. The second-order valence-electron chi connectivity index (χ2n) is 7.21. The van der Waals surface area contributed by atoms with E-state index in [1.807, 2.05) is 4.90 Å². The minimum absolute atomic E-state index is 0.0505. The molecule has 0 spiro atoms. The molecule has 2 aliphatic heterocycles. The third-order valence-electron chi connectivity index (χ3n) is 5.41. The lowest BCUT2D eigenvalue weighted by atomic mass is 10.0. The molecular formula is C19H28ClN3O3S. The van der Waals surface area contributed by atoms with Gasteiger partial charge in [-0.25, -0.2) is 8.42 Å². The van der Waals surface area contributed by atoms with E-state index in [0.29, 0.717) is 26.2 Å². The lowest BCUT2D eigenvalue weighted by Crippen LogP contribution is -2.56. The van der Waals surface area contributed by atoms with Gasteiger partial charge >= 0.3 is 0 Å². The molecule has 0 saturated carbocycles. The molecule has 0 radical (unpaired) electrons. The van der Waals surface area contributed by atoms with Crippen LogP contribution >= 0.6 is 11.6 Å². The lowest BCUT2D eigenvalue weighted by molar-refractivity contribution is -0.139. The van der Waals surface area contributed by atoms with Crippen LogP contribution in [-0.2, 0) is 14.8 Å². The fourth-order valence-corrected chi connectivity index (χ4v) is 5.89. The van der Waals surface area contributed by atoms with Crippen molar-refractivity contribution in [3.8, 4) is 0 Å². The van der Waals surface area contributed by atoms with E-state index < -0.39 is 10.0 Å². The molecule has 1 unspecified atom stereocenters. The molecule has 2 aliphatic rings. The molecule has 2 fully saturated rings. The predicted molar refractivity (Wildman–Crippen MR) is 106 cm³/mol. The number of hydrogen-bond acceptors (Lipinski definition) is 4. The molecule has 2 saturated heterocycles. The Labute approximate surface area is 167 Å². The van der Waals surface area contributed by atoms with Crippen LogP contribution in [0, 0.1) is 0 Å². The molecule has 6 nitrogen and oxygen atoms in total. The standard InChI is InChI=1S/C19H28ClN3O3S/c1-2-10-21-11-6-5-8-17(21)19(24)22-12-14-23(15-13-22)27(25,26)18-9-4-3-7-16(18)20/h3-4,7,9,17H,2,5-6,8,10-15H2,1H3. The molecular weight excluding hydrogens is 386 g/mol. The summed E-state index contributed by atoms with van der Waals surface area (Å²) in [7, 11) is -3.63. The van der Waals surface area contributed by atoms with Crippen LogP contribution in [0.4, 0.5) is 0 Å². The maximum absolute atomic E-state index is 13.0. The van der Waals surface area contributed by atoms with Crippen molar-refractivity contribution in [3.05, 3.63) is 29.3 Å². The van der Waals surface area contributed by atoms with Crippen molar-refractivity contribution in [1.29, 1.82) is 0 Å². The fourth-order valence-electron chi connectivity index (χ4n) is 3.98. The van der Waals surface area contributed by atoms with Crippen LogP contribution in [0.2, 0.25) is 5.02 Å². The van der Waals surface area contributed by atoms with Crippen molar-refractivity contribution in [2.24, 2.45) is 0 Å². The van der Waals surface area contributed by atoms with Crippen LogP contribution in [-0.4, -0.2) is 73.7 Å². The number of piperidine rings is 1. The summed E-state index contributed by atoms with van der Waals surface area (Å²) in [6.07, 6.45) is 4.16. The first kappa shape index (κ1) is 20.6. The first-order valence-electron chi connectivity index (χ1n) is 9.72. The van der Waals surface area contributed by atoms with E-state index in [2.05, 4.69) is 11.8 Å². The number of sulfonamides is 1. The van der Waals surface area contributed by atoms with Crippen LogP contribution in [0.3, 0.4) is 0 Å². The molecule has 1 aromatic rings. The highest BCUT2D eigenvalue weighted by Gasteiger charge is 2.35. The van der Waals surface area contributed by atoms with Crippen molar-refractivity contribution in [1.82, 2.24) is 14.1 Å². The molecule has 1 amide bonds. The van der Waals surface area contributed by atoms with Crippen LogP contribution in [0.15, 0.2) is 29.2 Å². The number of rotatable bonds is 5. The van der Waals surface area contributed by atoms with Crippen LogP contribution in [0.25, 0.3) is 0 Å². The van der Waals surface area contributed by atoms with Gasteiger partial charge in [0.05, 0.1) is 11.1 Å². The number of piperazine rings is 1. The van der Waals surface area contributed by atoms with Crippen molar-refractivity contribution >= 4 is 27.5 Å². The Balaban J connectivity index is 1.64. The first-order valence-corrected chi connectivity index (χ1v) is 11.5. The van der Waals surface area contributed by atoms with Gasteiger partial charge in [0, 0.05) is 26.2 Å². The minimum atomic E-state index is -3.63. The van der Waals surface area contributed by atoms with Gasteiger partial charge in [-0.3, -0.25) is 9.69 Å². The topological polar surface area (TPSA) is 60.9 Å². The van der Waals surface area contributed by atoms with E-state index in [0.717, 1.165) is 38.8 Å². The largest absolute Gasteiger partial charge is 0.339 e. The highest BCUT2D eigenvalue weighted by atomic mass is 35.5. The molecule has 0 aromatic heterocycles. The van der Waals surface area contributed by atoms with Crippen LogP contribution in [0.5, 0.6) is 0 Å². The Morgan fingerprint density at radius 3 is 2.48 bits per heavy atom. The Kier molecular flexibility index (Phi) is 6.78. The number of carbonyl (C=O) groups is 1. The van der Waals surface area contributed by atoms with Gasteiger partial charge in [-0.1, -0.05) is 37.1 Å². The molecule has 1 aromatic carbocycles. The fraction of sp³-hybridized carbons (Fsp3) is 0.632. The van der Waals surface area contributed by atoms with E-state index in [9.17, 15) is 13.2 Å². The quantitative estimate of drug-likeness (QED) is 0.743. The number of hydrogen-bond donors (Lipinski definition) is 0. The van der Waals surface area contributed by atoms with Crippen molar-refractivity contribution in [2.45, 2.75) is 43.5 Å². The van der Waals surface area contributed by atoms with E-state index in [-0.39, 0.29) is 21.9 Å². The van der Waals surface area contributed by atoms with Gasteiger partial charge in [0.2, 0.25) is 15.9 Å². The lowest BCUT2D eigenvalue weighted by Gasteiger charge is -2.40. The number of nitrogens with zero attached hydrogens (tertiary/aromatic N) is 3. The number of carbonyl (C=O) groups excluding carboxylic acids is 1. The second kappa shape index (κ2) is 8.90. The van der Waals surface area contributed by atoms with E-state index in [4.69, 9.17) is 11.6 Å². The van der Waals surface area contributed by atoms with Gasteiger partial charge in [-0.05, 0) is 44.5 Å². The Morgan fingerprint density at radius 2 is 1.81 bits per heavy atom. The van der Waals surface area contributed by atoms with E-state index in [1.54, 1.807) is 18.2 Å². The molecule has 0 N–H and O–H groups in total. The zero-order valence-electron chi connectivity index (χ0n) is 15.8. The number of benzene rings is 1. The normalized spacial score (nSPS) is 22.7. The molecule has 8 heteroatoms. The third kappa shape index (κ3) is 4.47. The Hall–Kier alpha value is -1.15. The van der Waals surface area contributed by atoms with Gasteiger partial charge in [0.15, 0.2) is 0 Å². The highest BCUT2D eigenvalue weighted by Crippen LogP contribution is 2.26. The second-order valence-corrected chi connectivity index (χ2v) is 9.52. The number of amides is 1. The first-order chi connectivity index (χ1) is 12.9. The highest BCUT2D eigenvalue weighted by molar-refractivity contribution is 7.89. The monoisotopic (exact) mass is 413 g/mol. The average Bonchev–Trinajstić information content (AvgIpc) is 2.68. The van der Waals surface area contributed by atoms with E-state index >= 15 is 0 Å². The Morgan fingerprint density at radius 1 is 1.11 bits per heavy atom. The molecule has 0 aliphatic carbocycles. The van der Waals surface area contributed by atoms with Gasteiger partial charge in [0.25, 0.3) is 0 Å². The number of halogens is 1. The Bertz CT molecular complexity index is 761. The molecule has 27 heavy (non-hydrogen) atoms. The van der Waals surface area contributed by atoms with Gasteiger partial charge in [-0.2, -0.15) is 4.31 Å². The van der Waals surface area contributed by atoms with Gasteiger partial charge < -0.3 is 4.90 Å². The predicted octanol–water partition coefficient (Wildman–Crippen LogP) is 2.44. The van der Waals surface area contributed by atoms with Gasteiger partial charge in [0.1, 0.15) is 4.90 Å². The maximum atomic E-state index is 13.0. The summed E-state index contributed by atoms with van der Waals surface area (Å²) in [6, 6.07) is 6.44. The molecule has 3 rings (SSSR count). The maximum Gasteiger partial charge on any atom is 0.244 e. The summed E-state index contributed by atoms with van der Waals surface area (Å²) in [5.74, 6) is 0.151. The SMILES string of the molecule is CCCN1CCCCC1C(=O)N1CCN(S(=O)(=O)c2ccccc2Cl)CC1. The molecule has 150 valence electrons. The number of likely N-dealkylation sites (tertiary alicyclic amines) is 1. The summed E-state index contributed by atoms with van der Waals surface area (Å²) in [4.78, 5) is 17.3. The molecule has 0 bridgehead atoms. The molecule has 2 heterocycles. The van der Waals surface area contributed by atoms with Crippen molar-refractivity contribution < 1.29 is 13.2 Å². The molecule has 1 atom stereocenters. The van der Waals surface area contributed by atoms with E-state index in [1.165, 1.54) is 10.4 Å². The average molecular weight is 414 g/mol. The zero-order valence-corrected chi connectivity index (χ0v) is 17.4. The zero-order chi connectivity index (χ0) is 19.4. The summed E-state index contributed by atoms with van der Waals surface area (Å²) in [5.41, 5.74) is 0. The summed E-state index contributed by atoms with van der Waals surface area (Å²) >= 11 is 6.08. The summed E-state index contributed by atoms with van der Waals surface area (Å²) < 4.78 is 27.1. The summed E-state index contributed by atoms with van der Waals surface area (Å²) in [6.45, 7) is 5.52. The smallest absolute Gasteiger partial charge is 0.244 e. The minimum Gasteiger partial charge on any atom is -0.339 e. The third-order valence-corrected chi connectivity index (χ3v) is 7.81. The van der Waals surface area contributed by atoms with Gasteiger partial charge in [-0.15, -0.1) is 0 Å². The van der Waals surface area contributed by atoms with Crippen LogP contribution < -0.4 is 0 Å². The van der Waals surface area contributed by atoms with Crippen LogP contribution in [0.1, 0.15) is 32.6 Å².